The average Bonchev–Trinajstić information content (AvgIpc) is 2.84. The Morgan fingerprint density at radius 1 is 1.17 bits per heavy atom. The third-order valence-electron chi connectivity index (χ3n) is 5.34. The number of amides is 4. The molecule has 10 heteroatoms. The Bertz CT molecular complexity index is 806. The molecule has 1 aliphatic heterocycles. The Hall–Kier alpha value is -2.78. The van der Waals surface area contributed by atoms with E-state index in [0.29, 0.717) is 12.8 Å². The lowest BCUT2D eigenvalue weighted by molar-refractivity contribution is -0.153. The predicted molar refractivity (Wildman–Crippen MR) is 97.3 cm³/mol. The summed E-state index contributed by atoms with van der Waals surface area (Å²) < 4.78 is 41.9. The Morgan fingerprint density at radius 3 is 2.48 bits per heavy atom. The van der Waals surface area contributed by atoms with E-state index in [1.807, 2.05) is 0 Å². The van der Waals surface area contributed by atoms with Crippen molar-refractivity contribution in [3.05, 3.63) is 24.3 Å². The number of hydrogen-bond donors (Lipinski definition) is 1. The SMILES string of the molecule is CN1C(=O)N(CC(=O)Nc2ccccc2OCC(F)(F)F)C(=O)C12CCCCC2. The van der Waals surface area contributed by atoms with Gasteiger partial charge in [0.15, 0.2) is 6.61 Å². The fourth-order valence-corrected chi connectivity index (χ4v) is 3.86. The van der Waals surface area contributed by atoms with E-state index < -0.39 is 42.7 Å². The lowest BCUT2D eigenvalue weighted by Crippen LogP contribution is -2.49. The van der Waals surface area contributed by atoms with Crippen LogP contribution in [0, 0.1) is 0 Å². The molecule has 0 atom stereocenters. The zero-order valence-electron chi connectivity index (χ0n) is 15.9. The molecule has 158 valence electrons. The van der Waals surface area contributed by atoms with Crippen molar-refractivity contribution in [3.8, 4) is 5.75 Å². The molecule has 1 saturated heterocycles. The Kier molecular flexibility index (Phi) is 5.72. The monoisotopic (exact) mass is 413 g/mol. The number of anilines is 1. The average molecular weight is 413 g/mol. The Labute approximate surface area is 165 Å². The van der Waals surface area contributed by atoms with Gasteiger partial charge in [0.2, 0.25) is 5.91 Å². The van der Waals surface area contributed by atoms with Crippen LogP contribution in [-0.2, 0) is 9.59 Å². The molecule has 0 radical (unpaired) electrons. The molecular weight excluding hydrogens is 391 g/mol. The highest BCUT2D eigenvalue weighted by molar-refractivity contribution is 6.10. The fraction of sp³-hybridized carbons (Fsp3) is 0.526. The molecule has 1 aromatic rings. The number of alkyl halides is 3. The van der Waals surface area contributed by atoms with Gasteiger partial charge in [-0.1, -0.05) is 31.4 Å². The number of hydrogen-bond acceptors (Lipinski definition) is 4. The van der Waals surface area contributed by atoms with Crippen molar-refractivity contribution in [1.29, 1.82) is 0 Å². The summed E-state index contributed by atoms with van der Waals surface area (Å²) >= 11 is 0. The number of carbonyl (C=O) groups excluding carboxylic acids is 3. The Balaban J connectivity index is 1.68. The minimum atomic E-state index is -4.52. The first-order chi connectivity index (χ1) is 13.6. The van der Waals surface area contributed by atoms with E-state index in [0.717, 1.165) is 24.2 Å². The summed E-state index contributed by atoms with van der Waals surface area (Å²) in [5, 5.41) is 2.43. The van der Waals surface area contributed by atoms with Gasteiger partial charge in [-0.05, 0) is 25.0 Å². The normalized spacial score (nSPS) is 19.0. The fourth-order valence-electron chi connectivity index (χ4n) is 3.86. The molecule has 0 bridgehead atoms. The minimum absolute atomic E-state index is 0.0292. The summed E-state index contributed by atoms with van der Waals surface area (Å²) in [6, 6.07) is 5.11. The van der Waals surface area contributed by atoms with Crippen molar-refractivity contribution >= 4 is 23.5 Å². The van der Waals surface area contributed by atoms with Crippen molar-refractivity contribution < 1.29 is 32.3 Å². The summed E-state index contributed by atoms with van der Waals surface area (Å²) in [6.07, 6.45) is -0.766. The number of imide groups is 1. The van der Waals surface area contributed by atoms with Crippen molar-refractivity contribution in [1.82, 2.24) is 9.80 Å². The molecule has 2 fully saturated rings. The van der Waals surface area contributed by atoms with E-state index in [1.165, 1.54) is 29.2 Å². The quantitative estimate of drug-likeness (QED) is 0.753. The number of benzene rings is 1. The first-order valence-electron chi connectivity index (χ1n) is 9.32. The van der Waals surface area contributed by atoms with Gasteiger partial charge in [0, 0.05) is 7.05 Å². The van der Waals surface area contributed by atoms with Crippen LogP contribution < -0.4 is 10.1 Å². The van der Waals surface area contributed by atoms with Crippen molar-refractivity contribution in [2.45, 2.75) is 43.8 Å². The van der Waals surface area contributed by atoms with Crippen LogP contribution in [0.2, 0.25) is 0 Å². The number of halogens is 3. The first-order valence-corrected chi connectivity index (χ1v) is 9.32. The summed E-state index contributed by atoms with van der Waals surface area (Å²) in [5.74, 6) is -1.25. The molecule has 0 unspecified atom stereocenters. The molecule has 3 rings (SSSR count). The topological polar surface area (TPSA) is 79.0 Å². The van der Waals surface area contributed by atoms with E-state index in [4.69, 9.17) is 4.74 Å². The number of urea groups is 1. The van der Waals surface area contributed by atoms with Crippen LogP contribution in [0.15, 0.2) is 24.3 Å². The third kappa shape index (κ3) is 4.30. The van der Waals surface area contributed by atoms with Crippen LogP contribution in [-0.4, -0.2) is 59.6 Å². The molecule has 4 amide bonds. The zero-order valence-corrected chi connectivity index (χ0v) is 15.9. The molecule has 0 aromatic heterocycles. The molecule has 1 N–H and O–H groups in total. The second-order valence-corrected chi connectivity index (χ2v) is 7.27. The highest BCUT2D eigenvalue weighted by atomic mass is 19.4. The molecule has 1 heterocycles. The van der Waals surface area contributed by atoms with Gasteiger partial charge >= 0.3 is 12.2 Å². The van der Waals surface area contributed by atoms with Gasteiger partial charge in [-0.15, -0.1) is 0 Å². The van der Waals surface area contributed by atoms with Gasteiger partial charge in [0.05, 0.1) is 5.69 Å². The second kappa shape index (κ2) is 7.92. The largest absolute Gasteiger partial charge is 0.482 e. The molecule has 1 spiro atoms. The van der Waals surface area contributed by atoms with Gasteiger partial charge in [-0.3, -0.25) is 14.5 Å². The summed E-state index contributed by atoms with van der Waals surface area (Å²) in [7, 11) is 1.56. The van der Waals surface area contributed by atoms with E-state index in [9.17, 15) is 27.6 Å². The maximum Gasteiger partial charge on any atom is 0.422 e. The van der Waals surface area contributed by atoms with E-state index in [2.05, 4.69) is 5.32 Å². The molecule has 2 aliphatic rings. The lowest BCUT2D eigenvalue weighted by atomic mass is 9.81. The first kappa shape index (κ1) is 20.9. The summed E-state index contributed by atoms with van der Waals surface area (Å²) in [5.41, 5.74) is -0.870. The smallest absolute Gasteiger partial charge is 0.422 e. The summed E-state index contributed by atoms with van der Waals surface area (Å²) in [6.45, 7) is -2.02. The van der Waals surface area contributed by atoms with Gasteiger partial charge in [0.1, 0.15) is 17.8 Å². The number of nitrogens with one attached hydrogen (secondary N) is 1. The Morgan fingerprint density at radius 2 is 1.83 bits per heavy atom. The van der Waals surface area contributed by atoms with Crippen LogP contribution in [0.3, 0.4) is 0 Å². The van der Waals surface area contributed by atoms with Gasteiger partial charge in [0.25, 0.3) is 5.91 Å². The third-order valence-corrected chi connectivity index (χ3v) is 5.34. The second-order valence-electron chi connectivity index (χ2n) is 7.27. The van der Waals surface area contributed by atoms with Crippen molar-refractivity contribution in [2.75, 3.05) is 25.5 Å². The maximum atomic E-state index is 12.9. The van der Waals surface area contributed by atoms with Crippen LogP contribution in [0.5, 0.6) is 5.75 Å². The maximum absolute atomic E-state index is 12.9. The standard InChI is InChI=1S/C19H22F3N3O4/c1-24-17(28)25(16(27)18(24)9-5-2-6-10-18)11-15(26)23-13-7-3-4-8-14(13)29-12-19(20,21)22/h3-4,7-8H,2,5-6,9-12H2,1H3,(H,23,26). The number of rotatable bonds is 5. The number of nitrogens with zero attached hydrogens (tertiary/aromatic N) is 2. The van der Waals surface area contributed by atoms with Crippen molar-refractivity contribution in [2.24, 2.45) is 0 Å². The lowest BCUT2D eigenvalue weighted by Gasteiger charge is -2.35. The molecule has 1 saturated carbocycles. The van der Waals surface area contributed by atoms with Gasteiger partial charge in [-0.25, -0.2) is 4.79 Å². The predicted octanol–water partition coefficient (Wildman–Crippen LogP) is 3.16. The van der Waals surface area contributed by atoms with Crippen LogP contribution in [0.4, 0.5) is 23.7 Å². The van der Waals surface area contributed by atoms with E-state index in [-0.39, 0.29) is 11.4 Å². The van der Waals surface area contributed by atoms with Gasteiger partial charge in [-0.2, -0.15) is 13.2 Å². The molecule has 1 aromatic carbocycles. The molecule has 1 aliphatic carbocycles. The molecule has 29 heavy (non-hydrogen) atoms. The zero-order chi connectivity index (χ0) is 21.2. The number of carbonyl (C=O) groups is 3. The number of ether oxygens (including phenoxy) is 1. The van der Waals surface area contributed by atoms with Gasteiger partial charge < -0.3 is 15.0 Å². The number of likely N-dealkylation sites (N-methyl/N-ethyl adjacent to an activating group) is 1. The van der Waals surface area contributed by atoms with Crippen LogP contribution in [0.25, 0.3) is 0 Å². The van der Waals surface area contributed by atoms with Crippen LogP contribution >= 0.6 is 0 Å². The van der Waals surface area contributed by atoms with Crippen LogP contribution in [0.1, 0.15) is 32.1 Å². The van der Waals surface area contributed by atoms with E-state index >= 15 is 0 Å². The highest BCUT2D eigenvalue weighted by Crippen LogP contribution is 2.39. The highest BCUT2D eigenvalue weighted by Gasteiger charge is 2.55. The minimum Gasteiger partial charge on any atom is -0.482 e. The van der Waals surface area contributed by atoms with E-state index in [1.54, 1.807) is 7.05 Å². The summed E-state index contributed by atoms with van der Waals surface area (Å²) in [4.78, 5) is 40.2. The molecule has 7 nitrogen and oxygen atoms in total. The molecular formula is C19H22F3N3O4. The number of para-hydroxylation sites is 2. The van der Waals surface area contributed by atoms with Crippen molar-refractivity contribution in [3.63, 3.8) is 0 Å².